The van der Waals surface area contributed by atoms with Crippen molar-refractivity contribution in [3.63, 3.8) is 0 Å². The highest BCUT2D eigenvalue weighted by molar-refractivity contribution is 7.18. The van der Waals surface area contributed by atoms with E-state index < -0.39 is 48.1 Å². The number of nitrogens with zero attached hydrogens (tertiary/aromatic N) is 3. The number of nitrogens with two attached hydrogens (primary N) is 1. The molecule has 184 valence electrons. The number of aromatic nitrogens is 2. The van der Waals surface area contributed by atoms with Gasteiger partial charge in [-0.15, -0.1) is 11.3 Å². The number of urea groups is 1. The SMILES string of the molecule is CCn1c(=O)c2c(C)c(CN(NC(=O)OC(C)(C)C)C(N)=O)sc2n(CCC(F)(F)F)c1=O. The number of halogens is 3. The fraction of sp³-hybridized carbons (Fsp3) is 0.579. The summed E-state index contributed by atoms with van der Waals surface area (Å²) in [6.07, 6.45) is -6.71. The molecule has 0 saturated heterocycles. The summed E-state index contributed by atoms with van der Waals surface area (Å²) in [7, 11) is 0. The van der Waals surface area contributed by atoms with Gasteiger partial charge in [0.25, 0.3) is 5.56 Å². The predicted molar refractivity (Wildman–Crippen MR) is 116 cm³/mol. The molecule has 0 unspecified atom stereocenters. The van der Waals surface area contributed by atoms with E-state index in [9.17, 15) is 32.3 Å². The Morgan fingerprint density at radius 2 is 1.79 bits per heavy atom. The van der Waals surface area contributed by atoms with Crippen molar-refractivity contribution in [2.75, 3.05) is 0 Å². The second kappa shape index (κ2) is 9.45. The molecule has 0 aliphatic carbocycles. The van der Waals surface area contributed by atoms with Crippen molar-refractivity contribution in [2.24, 2.45) is 5.73 Å². The lowest BCUT2D eigenvalue weighted by Crippen LogP contribution is -2.49. The quantitative estimate of drug-likeness (QED) is 0.619. The largest absolute Gasteiger partial charge is 0.443 e. The summed E-state index contributed by atoms with van der Waals surface area (Å²) >= 11 is 0.875. The molecular weight excluding hydrogens is 467 g/mol. The molecule has 0 aliphatic heterocycles. The van der Waals surface area contributed by atoms with Crippen molar-refractivity contribution >= 4 is 33.7 Å². The molecule has 10 nitrogen and oxygen atoms in total. The zero-order valence-electron chi connectivity index (χ0n) is 18.8. The van der Waals surface area contributed by atoms with Crippen molar-refractivity contribution in [3.8, 4) is 0 Å². The highest BCUT2D eigenvalue weighted by Crippen LogP contribution is 2.30. The summed E-state index contributed by atoms with van der Waals surface area (Å²) in [5.41, 5.74) is 5.56. The minimum Gasteiger partial charge on any atom is -0.443 e. The van der Waals surface area contributed by atoms with Crippen molar-refractivity contribution in [3.05, 3.63) is 31.3 Å². The topological polar surface area (TPSA) is 129 Å². The summed E-state index contributed by atoms with van der Waals surface area (Å²) < 4.78 is 45.3. The summed E-state index contributed by atoms with van der Waals surface area (Å²) in [6, 6.07) is -1.03. The number of hydrogen-bond donors (Lipinski definition) is 2. The van der Waals surface area contributed by atoms with Gasteiger partial charge in [0.1, 0.15) is 10.4 Å². The Labute approximate surface area is 190 Å². The van der Waals surface area contributed by atoms with Crippen LogP contribution in [0.1, 0.15) is 44.6 Å². The average Bonchev–Trinajstić information content (AvgIpc) is 2.95. The molecule has 0 radical (unpaired) electrons. The maximum atomic E-state index is 12.9. The van der Waals surface area contributed by atoms with Gasteiger partial charge < -0.3 is 10.5 Å². The van der Waals surface area contributed by atoms with Gasteiger partial charge in [-0.05, 0) is 40.2 Å². The van der Waals surface area contributed by atoms with Gasteiger partial charge in [-0.1, -0.05) is 0 Å². The number of hydrogen-bond acceptors (Lipinski definition) is 6. The van der Waals surface area contributed by atoms with Gasteiger partial charge in [0.2, 0.25) is 0 Å². The predicted octanol–water partition coefficient (Wildman–Crippen LogP) is 2.83. The summed E-state index contributed by atoms with van der Waals surface area (Å²) in [4.78, 5) is 49.9. The molecule has 2 aromatic heterocycles. The molecule has 3 N–H and O–H groups in total. The van der Waals surface area contributed by atoms with Crippen molar-refractivity contribution < 1.29 is 27.5 Å². The third-order valence-electron chi connectivity index (χ3n) is 4.52. The van der Waals surface area contributed by atoms with E-state index in [2.05, 4.69) is 5.43 Å². The number of aryl methyl sites for hydroxylation is 2. The van der Waals surface area contributed by atoms with Crippen LogP contribution in [0, 0.1) is 6.92 Å². The Morgan fingerprint density at radius 1 is 1.18 bits per heavy atom. The zero-order valence-corrected chi connectivity index (χ0v) is 19.6. The molecule has 2 rings (SSSR count). The standard InChI is InChI=1S/C19H26F3N5O5S/c1-6-25-13(28)12-10(2)11(9-27(15(23)29)24-16(30)32-18(3,4)5)33-14(12)26(17(25)31)8-7-19(20,21)22/h6-9H2,1-5H3,(H2,23,29)(H,24,30). The first kappa shape index (κ1) is 26.2. The number of nitrogens with one attached hydrogen (secondary N) is 1. The van der Waals surface area contributed by atoms with E-state index in [1.807, 2.05) is 0 Å². The van der Waals surface area contributed by atoms with Crippen molar-refractivity contribution in [1.29, 1.82) is 0 Å². The van der Waals surface area contributed by atoms with E-state index in [-0.39, 0.29) is 23.3 Å². The molecule has 0 aliphatic rings. The van der Waals surface area contributed by atoms with E-state index in [1.54, 1.807) is 27.7 Å². The minimum atomic E-state index is -4.51. The molecular formula is C19H26F3N5O5S. The first-order chi connectivity index (χ1) is 15.1. The molecule has 2 heterocycles. The van der Waals surface area contributed by atoms with E-state index in [0.29, 0.717) is 10.4 Å². The Kier molecular flexibility index (Phi) is 7.51. The Hall–Kier alpha value is -3.03. The number of alkyl halides is 3. The molecule has 33 heavy (non-hydrogen) atoms. The van der Waals surface area contributed by atoms with Gasteiger partial charge in [0.15, 0.2) is 0 Å². The maximum Gasteiger partial charge on any atom is 0.426 e. The van der Waals surface area contributed by atoms with Crippen LogP contribution in [0.3, 0.4) is 0 Å². The number of rotatable bonds is 5. The number of fused-ring (bicyclic) bond motifs is 1. The lowest BCUT2D eigenvalue weighted by atomic mass is 10.2. The second-order valence-corrected chi connectivity index (χ2v) is 9.30. The van der Waals surface area contributed by atoms with Crippen LogP contribution in [0.2, 0.25) is 0 Å². The molecule has 0 fully saturated rings. The lowest BCUT2D eigenvalue weighted by Gasteiger charge is -2.24. The first-order valence-corrected chi connectivity index (χ1v) is 10.8. The highest BCUT2D eigenvalue weighted by Gasteiger charge is 2.29. The average molecular weight is 494 g/mol. The van der Waals surface area contributed by atoms with Crippen LogP contribution in [0.4, 0.5) is 22.8 Å². The van der Waals surface area contributed by atoms with Gasteiger partial charge in [-0.25, -0.2) is 24.8 Å². The molecule has 0 saturated carbocycles. The smallest absolute Gasteiger partial charge is 0.426 e. The molecule has 0 spiro atoms. The number of ether oxygens (including phenoxy) is 1. The van der Waals surface area contributed by atoms with Crippen LogP contribution in [-0.4, -0.2) is 38.0 Å². The fourth-order valence-electron chi connectivity index (χ4n) is 3.03. The van der Waals surface area contributed by atoms with Gasteiger partial charge in [-0.2, -0.15) is 13.2 Å². The first-order valence-electron chi connectivity index (χ1n) is 9.94. The number of amides is 3. The molecule has 2 aromatic rings. The second-order valence-electron chi connectivity index (χ2n) is 8.22. The van der Waals surface area contributed by atoms with Crippen LogP contribution in [-0.2, 0) is 24.4 Å². The van der Waals surface area contributed by atoms with E-state index in [1.165, 1.54) is 6.92 Å². The number of primary amides is 1. The molecule has 3 amide bonds. The molecule has 0 aromatic carbocycles. The van der Waals surface area contributed by atoms with Gasteiger partial charge >= 0.3 is 24.0 Å². The van der Waals surface area contributed by atoms with Crippen LogP contribution in [0.25, 0.3) is 10.2 Å². The Bertz CT molecular complexity index is 1180. The minimum absolute atomic E-state index is 0.0299. The van der Waals surface area contributed by atoms with E-state index in [0.717, 1.165) is 25.5 Å². The van der Waals surface area contributed by atoms with Crippen LogP contribution in [0.15, 0.2) is 9.59 Å². The number of hydrazine groups is 1. The third kappa shape index (κ3) is 6.27. The van der Waals surface area contributed by atoms with E-state index in [4.69, 9.17) is 10.5 Å². The zero-order chi connectivity index (χ0) is 25.3. The summed E-state index contributed by atoms with van der Waals surface area (Å²) in [5.74, 6) is 0. The Morgan fingerprint density at radius 3 is 2.27 bits per heavy atom. The number of carbonyl (C=O) groups excluding carboxylic acids is 2. The molecule has 0 bridgehead atoms. The van der Waals surface area contributed by atoms with Crippen molar-refractivity contribution in [2.45, 2.75) is 72.5 Å². The third-order valence-corrected chi connectivity index (χ3v) is 5.82. The number of carbonyl (C=O) groups is 2. The summed E-state index contributed by atoms with van der Waals surface area (Å²) in [6.45, 7) is 6.94. The van der Waals surface area contributed by atoms with Gasteiger partial charge in [-0.3, -0.25) is 13.9 Å². The van der Waals surface area contributed by atoms with E-state index >= 15 is 0 Å². The Balaban J connectivity index is 2.55. The van der Waals surface area contributed by atoms with Crippen LogP contribution in [0.5, 0.6) is 0 Å². The highest BCUT2D eigenvalue weighted by atomic mass is 32.1. The summed E-state index contributed by atoms with van der Waals surface area (Å²) in [5, 5.41) is 0.822. The van der Waals surface area contributed by atoms with Crippen LogP contribution >= 0.6 is 11.3 Å². The molecule has 14 heteroatoms. The molecule has 0 atom stereocenters. The van der Waals surface area contributed by atoms with Crippen molar-refractivity contribution in [1.82, 2.24) is 19.6 Å². The lowest BCUT2D eigenvalue weighted by molar-refractivity contribution is -0.136. The van der Waals surface area contributed by atoms with Gasteiger partial charge in [0.05, 0.1) is 18.4 Å². The monoisotopic (exact) mass is 493 g/mol. The maximum absolute atomic E-state index is 12.9. The normalized spacial score (nSPS) is 12.1. The fourth-order valence-corrected chi connectivity index (χ4v) is 4.34. The van der Waals surface area contributed by atoms with Gasteiger partial charge in [0, 0.05) is 18.0 Å². The number of thiophene rings is 1. The van der Waals surface area contributed by atoms with Crippen LogP contribution < -0.4 is 22.4 Å².